The number of nitrogens with zero attached hydrogens (tertiary/aromatic N) is 1. The van der Waals surface area contributed by atoms with Crippen LogP contribution in [0.25, 0.3) is 0 Å². The fourth-order valence-electron chi connectivity index (χ4n) is 2.87. The minimum atomic E-state index is -0.301. The quantitative estimate of drug-likeness (QED) is 0.820. The van der Waals surface area contributed by atoms with Gasteiger partial charge in [-0.1, -0.05) is 34.1 Å². The molecule has 1 fully saturated rings. The van der Waals surface area contributed by atoms with Gasteiger partial charge in [0.15, 0.2) is 0 Å². The average Bonchev–Trinajstić information content (AvgIpc) is 2.36. The van der Waals surface area contributed by atoms with Crippen molar-refractivity contribution in [3.63, 3.8) is 0 Å². The molecule has 1 rings (SSSR count). The molecule has 0 bridgehead atoms. The molecule has 1 amide bonds. The first-order chi connectivity index (χ1) is 8.45. The molecular weight excluding hydrogens is 224 g/mol. The summed E-state index contributed by atoms with van der Waals surface area (Å²) in [5.41, 5.74) is 5.98. The molecule has 0 radical (unpaired) electrons. The van der Waals surface area contributed by atoms with Crippen LogP contribution in [0.5, 0.6) is 0 Å². The van der Waals surface area contributed by atoms with Gasteiger partial charge in [0.05, 0.1) is 6.04 Å². The van der Waals surface area contributed by atoms with Gasteiger partial charge < -0.3 is 10.6 Å². The highest BCUT2D eigenvalue weighted by Crippen LogP contribution is 2.27. The number of hydrogen-bond acceptors (Lipinski definition) is 2. The van der Waals surface area contributed by atoms with Crippen molar-refractivity contribution in [2.45, 2.75) is 59.4 Å². The standard InChI is InChI=1S/C15H30N2O/c1-5-12(4)13-6-8-17(9-7-13)15(18)14(16)10-11(2)3/h11-14H,5-10,16H2,1-4H3/t12-,14+/m0/s1. The summed E-state index contributed by atoms with van der Waals surface area (Å²) in [4.78, 5) is 14.2. The lowest BCUT2D eigenvalue weighted by Gasteiger charge is -2.36. The first-order valence-electron chi connectivity index (χ1n) is 7.50. The second kappa shape index (κ2) is 7.13. The maximum Gasteiger partial charge on any atom is 0.239 e. The van der Waals surface area contributed by atoms with Crippen molar-refractivity contribution >= 4 is 5.91 Å². The minimum Gasteiger partial charge on any atom is -0.341 e. The van der Waals surface area contributed by atoms with Gasteiger partial charge in [0.25, 0.3) is 0 Å². The van der Waals surface area contributed by atoms with Crippen molar-refractivity contribution in [1.29, 1.82) is 0 Å². The Morgan fingerprint density at radius 1 is 1.28 bits per heavy atom. The van der Waals surface area contributed by atoms with E-state index in [0.717, 1.165) is 44.2 Å². The van der Waals surface area contributed by atoms with Gasteiger partial charge in [-0.05, 0) is 37.0 Å². The summed E-state index contributed by atoms with van der Waals surface area (Å²) >= 11 is 0. The number of piperidine rings is 1. The number of amides is 1. The monoisotopic (exact) mass is 254 g/mol. The van der Waals surface area contributed by atoms with Crippen LogP contribution >= 0.6 is 0 Å². The molecule has 1 saturated heterocycles. The number of hydrogen-bond donors (Lipinski definition) is 1. The Balaban J connectivity index is 2.40. The van der Waals surface area contributed by atoms with Crippen LogP contribution in [-0.2, 0) is 4.79 Å². The number of nitrogens with two attached hydrogens (primary N) is 1. The van der Waals surface area contributed by atoms with Crippen molar-refractivity contribution in [2.75, 3.05) is 13.1 Å². The Morgan fingerprint density at radius 3 is 2.28 bits per heavy atom. The molecule has 18 heavy (non-hydrogen) atoms. The average molecular weight is 254 g/mol. The Labute approximate surface area is 112 Å². The van der Waals surface area contributed by atoms with E-state index < -0.39 is 0 Å². The zero-order valence-electron chi connectivity index (χ0n) is 12.5. The molecule has 1 heterocycles. The van der Waals surface area contributed by atoms with Crippen molar-refractivity contribution < 1.29 is 4.79 Å². The van der Waals surface area contributed by atoms with Crippen LogP contribution in [0.2, 0.25) is 0 Å². The van der Waals surface area contributed by atoms with Gasteiger partial charge >= 0.3 is 0 Å². The molecule has 0 spiro atoms. The third-order valence-electron chi connectivity index (χ3n) is 4.34. The first kappa shape index (κ1) is 15.5. The number of carbonyl (C=O) groups excluding carboxylic acids is 1. The highest BCUT2D eigenvalue weighted by molar-refractivity contribution is 5.81. The van der Waals surface area contributed by atoms with E-state index in [9.17, 15) is 4.79 Å². The molecule has 0 saturated carbocycles. The van der Waals surface area contributed by atoms with E-state index in [4.69, 9.17) is 5.73 Å². The van der Waals surface area contributed by atoms with Gasteiger partial charge in [-0.25, -0.2) is 0 Å². The number of carbonyl (C=O) groups is 1. The van der Waals surface area contributed by atoms with Crippen LogP contribution in [0.3, 0.4) is 0 Å². The lowest BCUT2D eigenvalue weighted by atomic mass is 9.84. The zero-order chi connectivity index (χ0) is 13.7. The Hall–Kier alpha value is -0.570. The van der Waals surface area contributed by atoms with Gasteiger partial charge in [0, 0.05) is 13.1 Å². The summed E-state index contributed by atoms with van der Waals surface area (Å²) in [5.74, 6) is 2.22. The smallest absolute Gasteiger partial charge is 0.239 e. The largest absolute Gasteiger partial charge is 0.341 e. The minimum absolute atomic E-state index is 0.159. The van der Waals surface area contributed by atoms with Gasteiger partial charge in [0.2, 0.25) is 5.91 Å². The molecular formula is C15H30N2O. The van der Waals surface area contributed by atoms with Crippen molar-refractivity contribution in [1.82, 2.24) is 4.90 Å². The van der Waals surface area contributed by atoms with Crippen LogP contribution < -0.4 is 5.73 Å². The predicted molar refractivity (Wildman–Crippen MR) is 76.2 cm³/mol. The zero-order valence-corrected chi connectivity index (χ0v) is 12.5. The summed E-state index contributed by atoms with van der Waals surface area (Å²) in [5, 5.41) is 0. The molecule has 106 valence electrons. The van der Waals surface area contributed by atoms with Crippen LogP contribution in [-0.4, -0.2) is 29.9 Å². The highest BCUT2D eigenvalue weighted by atomic mass is 16.2. The summed E-state index contributed by atoms with van der Waals surface area (Å²) in [7, 11) is 0. The molecule has 1 aliphatic rings. The molecule has 3 heteroatoms. The third kappa shape index (κ3) is 4.27. The van der Waals surface area contributed by atoms with Gasteiger partial charge in [-0.15, -0.1) is 0 Å². The summed E-state index contributed by atoms with van der Waals surface area (Å²) in [6.45, 7) is 10.6. The topological polar surface area (TPSA) is 46.3 Å². The number of likely N-dealkylation sites (tertiary alicyclic amines) is 1. The SMILES string of the molecule is CC[C@H](C)C1CCN(C(=O)[C@H](N)CC(C)C)CC1. The molecule has 0 unspecified atom stereocenters. The molecule has 2 N–H and O–H groups in total. The molecule has 0 aromatic carbocycles. The van der Waals surface area contributed by atoms with E-state index in [0.29, 0.717) is 5.92 Å². The van der Waals surface area contributed by atoms with Crippen molar-refractivity contribution in [3.8, 4) is 0 Å². The maximum atomic E-state index is 12.2. The van der Waals surface area contributed by atoms with Gasteiger partial charge in [0.1, 0.15) is 0 Å². The Morgan fingerprint density at radius 2 is 1.83 bits per heavy atom. The summed E-state index contributed by atoms with van der Waals surface area (Å²) in [6.07, 6.45) is 4.33. The van der Waals surface area contributed by atoms with E-state index in [2.05, 4.69) is 27.7 Å². The second-order valence-corrected chi connectivity index (χ2v) is 6.28. The lowest BCUT2D eigenvalue weighted by molar-refractivity contribution is -0.134. The van der Waals surface area contributed by atoms with Crippen molar-refractivity contribution in [3.05, 3.63) is 0 Å². The summed E-state index contributed by atoms with van der Waals surface area (Å²) < 4.78 is 0. The van der Waals surface area contributed by atoms with Crippen LogP contribution in [0.4, 0.5) is 0 Å². The highest BCUT2D eigenvalue weighted by Gasteiger charge is 2.28. The van der Waals surface area contributed by atoms with Crippen LogP contribution in [0.15, 0.2) is 0 Å². The molecule has 3 nitrogen and oxygen atoms in total. The maximum absolute atomic E-state index is 12.2. The fourth-order valence-corrected chi connectivity index (χ4v) is 2.87. The summed E-state index contributed by atoms with van der Waals surface area (Å²) in [6, 6.07) is -0.301. The Kier molecular flexibility index (Phi) is 6.13. The molecule has 0 aromatic heterocycles. The van der Waals surface area contributed by atoms with E-state index in [1.807, 2.05) is 4.90 Å². The third-order valence-corrected chi connectivity index (χ3v) is 4.34. The second-order valence-electron chi connectivity index (χ2n) is 6.28. The van der Waals surface area contributed by atoms with Gasteiger partial charge in [-0.2, -0.15) is 0 Å². The fraction of sp³-hybridized carbons (Fsp3) is 0.933. The van der Waals surface area contributed by atoms with E-state index >= 15 is 0 Å². The molecule has 1 aliphatic heterocycles. The van der Waals surface area contributed by atoms with Crippen molar-refractivity contribution in [2.24, 2.45) is 23.5 Å². The van der Waals surface area contributed by atoms with Crippen LogP contribution in [0.1, 0.15) is 53.4 Å². The van der Waals surface area contributed by atoms with E-state index in [1.54, 1.807) is 0 Å². The van der Waals surface area contributed by atoms with Gasteiger partial charge in [-0.3, -0.25) is 4.79 Å². The first-order valence-corrected chi connectivity index (χ1v) is 7.50. The molecule has 0 aliphatic carbocycles. The number of rotatable bonds is 5. The molecule has 2 atom stereocenters. The molecule has 0 aromatic rings. The van der Waals surface area contributed by atoms with Crippen LogP contribution in [0, 0.1) is 17.8 Å². The predicted octanol–water partition coefficient (Wildman–Crippen LogP) is 2.64. The lowest BCUT2D eigenvalue weighted by Crippen LogP contribution is -2.48. The van der Waals surface area contributed by atoms with E-state index in [-0.39, 0.29) is 11.9 Å². The normalized spacial score (nSPS) is 21.1. The van der Waals surface area contributed by atoms with E-state index in [1.165, 1.54) is 6.42 Å². The Bertz CT molecular complexity index is 257.